The number of rotatable bonds is 7. The van der Waals surface area contributed by atoms with Gasteiger partial charge in [-0.25, -0.2) is 4.79 Å². The van der Waals surface area contributed by atoms with Gasteiger partial charge < -0.3 is 19.1 Å². The third-order valence-corrected chi connectivity index (χ3v) is 5.97. The van der Waals surface area contributed by atoms with Gasteiger partial charge in [0.1, 0.15) is 22.1 Å². The van der Waals surface area contributed by atoms with Gasteiger partial charge in [0.25, 0.3) is 0 Å². The average Bonchev–Trinajstić information content (AvgIpc) is 3.13. The molecule has 3 aromatic rings. The second-order valence-corrected chi connectivity index (χ2v) is 8.39. The molecule has 0 saturated carbocycles. The Balaban J connectivity index is 1.73. The van der Waals surface area contributed by atoms with Crippen LogP contribution in [0.25, 0.3) is 21.6 Å². The zero-order valence-corrected chi connectivity index (χ0v) is 18.3. The zero-order chi connectivity index (χ0) is 21.1. The lowest BCUT2D eigenvalue weighted by molar-refractivity contribution is 0.0532. The van der Waals surface area contributed by atoms with Gasteiger partial charge in [-0.3, -0.25) is 0 Å². The SMILES string of the molecule is CCOC(=O)c1cc2c(s1)-c1cc(OCCCN(C)C)ccc1Oc1ccccc1-2. The predicted octanol–water partition coefficient (Wildman–Crippen LogP) is 5.70. The van der Waals surface area contributed by atoms with Crippen molar-refractivity contribution in [1.29, 1.82) is 0 Å². The Bertz CT molecular complexity index is 1060. The first kappa shape index (κ1) is 20.4. The summed E-state index contributed by atoms with van der Waals surface area (Å²) in [5.74, 6) is 2.01. The number of thiophene rings is 1. The lowest BCUT2D eigenvalue weighted by Gasteiger charge is -2.13. The van der Waals surface area contributed by atoms with Gasteiger partial charge in [0.15, 0.2) is 0 Å². The van der Waals surface area contributed by atoms with Crippen LogP contribution >= 0.6 is 11.3 Å². The van der Waals surface area contributed by atoms with Gasteiger partial charge in [0, 0.05) is 28.1 Å². The average molecular weight is 424 g/mol. The molecule has 0 N–H and O–H groups in total. The molecule has 1 aromatic heterocycles. The molecule has 1 aliphatic heterocycles. The quantitative estimate of drug-likeness (QED) is 0.282. The van der Waals surface area contributed by atoms with Gasteiger partial charge >= 0.3 is 5.97 Å². The van der Waals surface area contributed by atoms with Gasteiger partial charge in [-0.2, -0.15) is 0 Å². The fraction of sp³-hybridized carbons (Fsp3) is 0.292. The molecule has 4 rings (SSSR count). The van der Waals surface area contributed by atoms with Crippen LogP contribution in [0.1, 0.15) is 23.0 Å². The molecular weight excluding hydrogens is 398 g/mol. The van der Waals surface area contributed by atoms with Crippen LogP contribution < -0.4 is 9.47 Å². The van der Waals surface area contributed by atoms with Crippen molar-refractivity contribution in [3.8, 4) is 38.8 Å². The Labute approximate surface area is 180 Å². The van der Waals surface area contributed by atoms with Crippen LogP contribution in [0, 0.1) is 0 Å². The smallest absolute Gasteiger partial charge is 0.348 e. The van der Waals surface area contributed by atoms with Crippen LogP contribution in [0.2, 0.25) is 0 Å². The summed E-state index contributed by atoms with van der Waals surface area (Å²) < 4.78 is 17.4. The maximum atomic E-state index is 12.4. The van der Waals surface area contributed by atoms with Gasteiger partial charge in [-0.15, -0.1) is 11.3 Å². The Morgan fingerprint density at radius 2 is 1.83 bits per heavy atom. The highest BCUT2D eigenvalue weighted by Gasteiger charge is 2.26. The highest BCUT2D eigenvalue weighted by molar-refractivity contribution is 7.18. The number of nitrogens with zero attached hydrogens (tertiary/aromatic N) is 1. The van der Waals surface area contributed by atoms with E-state index in [1.165, 1.54) is 11.3 Å². The largest absolute Gasteiger partial charge is 0.494 e. The van der Waals surface area contributed by atoms with Crippen LogP contribution in [0.5, 0.6) is 17.2 Å². The molecule has 30 heavy (non-hydrogen) atoms. The van der Waals surface area contributed by atoms with E-state index >= 15 is 0 Å². The van der Waals surface area contributed by atoms with E-state index < -0.39 is 0 Å². The van der Waals surface area contributed by atoms with Crippen LogP contribution in [0.15, 0.2) is 48.5 Å². The van der Waals surface area contributed by atoms with E-state index in [0.717, 1.165) is 51.8 Å². The lowest BCUT2D eigenvalue weighted by atomic mass is 10.0. The molecule has 156 valence electrons. The van der Waals surface area contributed by atoms with Crippen molar-refractivity contribution in [2.75, 3.05) is 33.9 Å². The number of carbonyl (C=O) groups is 1. The Kier molecular flexibility index (Phi) is 6.06. The number of para-hydroxylation sites is 1. The molecule has 0 amide bonds. The van der Waals surface area contributed by atoms with Crippen LogP contribution in [-0.2, 0) is 4.74 Å². The van der Waals surface area contributed by atoms with Crippen molar-refractivity contribution in [2.45, 2.75) is 13.3 Å². The monoisotopic (exact) mass is 423 g/mol. The number of ether oxygens (including phenoxy) is 3. The Morgan fingerprint density at radius 3 is 2.63 bits per heavy atom. The predicted molar refractivity (Wildman–Crippen MR) is 120 cm³/mol. The van der Waals surface area contributed by atoms with E-state index in [4.69, 9.17) is 14.2 Å². The standard InChI is InChI=1S/C24H25NO4S/c1-4-27-24(26)22-15-18-17-8-5-6-9-20(17)29-21-11-10-16(14-19(21)23(18)30-22)28-13-7-12-25(2)3/h5-6,8-11,14-15H,4,7,12-13H2,1-3H3. The van der Waals surface area contributed by atoms with Crippen molar-refractivity contribution in [2.24, 2.45) is 0 Å². The Hall–Kier alpha value is -2.83. The number of hydrogen-bond acceptors (Lipinski definition) is 6. The van der Waals surface area contributed by atoms with Crippen molar-refractivity contribution in [3.63, 3.8) is 0 Å². The van der Waals surface area contributed by atoms with Crippen molar-refractivity contribution in [1.82, 2.24) is 4.90 Å². The van der Waals surface area contributed by atoms with Gasteiger partial charge in [0.2, 0.25) is 0 Å². The molecule has 0 radical (unpaired) electrons. The van der Waals surface area contributed by atoms with Crippen LogP contribution in [0.3, 0.4) is 0 Å². The van der Waals surface area contributed by atoms with E-state index in [1.807, 2.05) is 55.5 Å². The van der Waals surface area contributed by atoms with E-state index in [9.17, 15) is 4.79 Å². The summed E-state index contributed by atoms with van der Waals surface area (Å²) in [5.41, 5.74) is 2.86. The fourth-order valence-electron chi connectivity index (χ4n) is 3.43. The minimum atomic E-state index is -0.299. The summed E-state index contributed by atoms with van der Waals surface area (Å²) in [5, 5.41) is 0. The molecule has 0 aliphatic carbocycles. The molecule has 0 fully saturated rings. The number of benzene rings is 2. The fourth-order valence-corrected chi connectivity index (χ4v) is 4.51. The highest BCUT2D eigenvalue weighted by atomic mass is 32.1. The number of fused-ring (bicyclic) bond motifs is 5. The van der Waals surface area contributed by atoms with Crippen LogP contribution in [0.4, 0.5) is 0 Å². The number of esters is 1. The maximum absolute atomic E-state index is 12.4. The van der Waals surface area contributed by atoms with Crippen molar-refractivity contribution >= 4 is 17.3 Å². The summed E-state index contributed by atoms with van der Waals surface area (Å²) >= 11 is 1.43. The number of carbonyl (C=O) groups excluding carboxylic acids is 1. The van der Waals surface area contributed by atoms with E-state index in [2.05, 4.69) is 19.0 Å². The van der Waals surface area contributed by atoms with Crippen LogP contribution in [-0.4, -0.2) is 44.7 Å². The summed E-state index contributed by atoms with van der Waals surface area (Å²) in [6.45, 7) is 3.78. The normalized spacial score (nSPS) is 11.7. The molecule has 2 heterocycles. The van der Waals surface area contributed by atoms with Gasteiger partial charge in [-0.1, -0.05) is 18.2 Å². The summed E-state index contributed by atoms with van der Waals surface area (Å²) in [4.78, 5) is 16.1. The number of hydrogen-bond donors (Lipinski definition) is 0. The zero-order valence-electron chi connectivity index (χ0n) is 17.4. The van der Waals surface area contributed by atoms with Gasteiger partial charge in [-0.05, 0) is 57.8 Å². The van der Waals surface area contributed by atoms with Crippen molar-refractivity contribution < 1.29 is 19.0 Å². The lowest BCUT2D eigenvalue weighted by Crippen LogP contribution is -2.15. The molecule has 0 saturated heterocycles. The molecule has 2 aromatic carbocycles. The van der Waals surface area contributed by atoms with Crippen molar-refractivity contribution in [3.05, 3.63) is 53.4 Å². The van der Waals surface area contributed by atoms with E-state index in [1.54, 1.807) is 0 Å². The first-order valence-corrected chi connectivity index (χ1v) is 10.9. The molecule has 5 nitrogen and oxygen atoms in total. The summed E-state index contributed by atoms with van der Waals surface area (Å²) in [7, 11) is 4.10. The second kappa shape index (κ2) is 8.90. The van der Waals surface area contributed by atoms with E-state index in [0.29, 0.717) is 18.1 Å². The second-order valence-electron chi connectivity index (χ2n) is 7.34. The molecule has 0 atom stereocenters. The molecule has 1 aliphatic rings. The molecule has 0 unspecified atom stereocenters. The minimum absolute atomic E-state index is 0.299. The Morgan fingerprint density at radius 1 is 1.03 bits per heavy atom. The third kappa shape index (κ3) is 4.20. The minimum Gasteiger partial charge on any atom is -0.494 e. The molecule has 0 bridgehead atoms. The first-order chi connectivity index (χ1) is 14.6. The molecule has 6 heteroatoms. The third-order valence-electron chi connectivity index (χ3n) is 4.82. The molecular formula is C24H25NO4S. The maximum Gasteiger partial charge on any atom is 0.348 e. The van der Waals surface area contributed by atoms with Gasteiger partial charge in [0.05, 0.1) is 13.2 Å². The summed E-state index contributed by atoms with van der Waals surface area (Å²) in [6.07, 6.45) is 0.948. The molecule has 0 spiro atoms. The summed E-state index contributed by atoms with van der Waals surface area (Å²) in [6, 6.07) is 15.7. The topological polar surface area (TPSA) is 48.0 Å². The highest BCUT2D eigenvalue weighted by Crippen LogP contribution is 2.51. The van der Waals surface area contributed by atoms with E-state index in [-0.39, 0.29) is 5.97 Å². The first-order valence-electron chi connectivity index (χ1n) is 10.1.